The van der Waals surface area contributed by atoms with Gasteiger partial charge in [0.1, 0.15) is 11.3 Å². The number of carbonyl (C=O) groups is 2. The molecule has 28 heavy (non-hydrogen) atoms. The summed E-state index contributed by atoms with van der Waals surface area (Å²) < 4.78 is 0. The molecule has 0 aliphatic carbocycles. The summed E-state index contributed by atoms with van der Waals surface area (Å²) in [6, 6.07) is 7.74. The molecule has 4 rings (SSSR count). The fourth-order valence-electron chi connectivity index (χ4n) is 3.76. The van der Waals surface area contributed by atoms with Gasteiger partial charge in [-0.1, -0.05) is 0 Å². The van der Waals surface area contributed by atoms with Crippen molar-refractivity contribution in [2.24, 2.45) is 11.7 Å². The second-order valence-corrected chi connectivity index (χ2v) is 7.31. The first-order chi connectivity index (χ1) is 13.6. The largest absolute Gasteiger partial charge is 0.370 e. The average molecular weight is 377 g/mol. The Balaban J connectivity index is 1.45. The van der Waals surface area contributed by atoms with E-state index in [0.29, 0.717) is 31.1 Å². The van der Waals surface area contributed by atoms with Crippen LogP contribution in [-0.2, 0) is 4.79 Å². The quantitative estimate of drug-likeness (QED) is 0.713. The number of hydrogen-bond donors (Lipinski definition) is 2. The van der Waals surface area contributed by atoms with E-state index in [9.17, 15) is 9.59 Å². The molecule has 144 valence electrons. The molecule has 0 aromatic carbocycles. The Hall–Kier alpha value is -3.22. The Morgan fingerprint density at radius 2 is 1.96 bits per heavy atom. The molecule has 7 heteroatoms. The summed E-state index contributed by atoms with van der Waals surface area (Å²) in [6.45, 7) is 1.37. The number of aromatic nitrogens is 3. The van der Waals surface area contributed by atoms with Crippen LogP contribution in [0.2, 0.25) is 0 Å². The number of primary amides is 1. The van der Waals surface area contributed by atoms with Gasteiger partial charge in [0.15, 0.2) is 0 Å². The summed E-state index contributed by atoms with van der Waals surface area (Å²) in [5, 5.41) is 1.03. The number of pyridine rings is 2. The summed E-state index contributed by atoms with van der Waals surface area (Å²) >= 11 is 0. The highest BCUT2D eigenvalue weighted by atomic mass is 16.2. The van der Waals surface area contributed by atoms with Gasteiger partial charge in [0.05, 0.1) is 0 Å². The second-order valence-electron chi connectivity index (χ2n) is 7.31. The number of H-pyrrole nitrogens is 1. The van der Waals surface area contributed by atoms with Crippen molar-refractivity contribution < 1.29 is 9.59 Å². The SMILES string of the molecule is NC(=O)CCC1CCN(C(=O)c2cc(-c3cnc4[nH]ccc4c3)ccn2)CC1. The van der Waals surface area contributed by atoms with Crippen LogP contribution in [0.3, 0.4) is 0 Å². The molecule has 3 N–H and O–H groups in total. The van der Waals surface area contributed by atoms with E-state index in [4.69, 9.17) is 5.73 Å². The minimum Gasteiger partial charge on any atom is -0.370 e. The lowest BCUT2D eigenvalue weighted by atomic mass is 9.92. The summed E-state index contributed by atoms with van der Waals surface area (Å²) in [6.07, 6.45) is 8.34. The number of rotatable bonds is 5. The zero-order valence-corrected chi connectivity index (χ0v) is 15.6. The van der Waals surface area contributed by atoms with Gasteiger partial charge in [-0.3, -0.25) is 14.6 Å². The maximum absolute atomic E-state index is 12.9. The van der Waals surface area contributed by atoms with Crippen molar-refractivity contribution in [2.75, 3.05) is 13.1 Å². The third-order valence-corrected chi connectivity index (χ3v) is 5.41. The lowest BCUT2D eigenvalue weighted by Gasteiger charge is -2.31. The van der Waals surface area contributed by atoms with E-state index in [0.717, 1.165) is 41.4 Å². The van der Waals surface area contributed by atoms with Crippen LogP contribution in [0.15, 0.2) is 42.9 Å². The molecule has 3 aromatic rings. The van der Waals surface area contributed by atoms with Crippen molar-refractivity contribution >= 4 is 22.8 Å². The van der Waals surface area contributed by atoms with Gasteiger partial charge in [0.25, 0.3) is 5.91 Å². The van der Waals surface area contributed by atoms with Crippen molar-refractivity contribution in [3.63, 3.8) is 0 Å². The van der Waals surface area contributed by atoms with Crippen molar-refractivity contribution in [1.82, 2.24) is 19.9 Å². The number of aromatic amines is 1. The molecule has 7 nitrogen and oxygen atoms in total. The summed E-state index contributed by atoms with van der Waals surface area (Å²) in [4.78, 5) is 37.5. The molecule has 1 saturated heterocycles. The Morgan fingerprint density at radius 3 is 2.75 bits per heavy atom. The topological polar surface area (TPSA) is 105 Å². The molecular weight excluding hydrogens is 354 g/mol. The number of nitrogens with zero attached hydrogens (tertiary/aromatic N) is 3. The third-order valence-electron chi connectivity index (χ3n) is 5.41. The lowest BCUT2D eigenvalue weighted by Crippen LogP contribution is -2.39. The molecule has 1 aliphatic rings. The average Bonchev–Trinajstić information content (AvgIpc) is 3.20. The molecule has 4 heterocycles. The first-order valence-corrected chi connectivity index (χ1v) is 9.57. The molecule has 0 bridgehead atoms. The molecule has 2 amide bonds. The van der Waals surface area contributed by atoms with Gasteiger partial charge < -0.3 is 15.6 Å². The smallest absolute Gasteiger partial charge is 0.272 e. The third kappa shape index (κ3) is 3.88. The number of amides is 2. The van der Waals surface area contributed by atoms with E-state index < -0.39 is 0 Å². The Kier molecular flexibility index (Phi) is 5.06. The molecule has 0 radical (unpaired) electrons. The lowest BCUT2D eigenvalue weighted by molar-refractivity contribution is -0.118. The van der Waals surface area contributed by atoms with Crippen molar-refractivity contribution in [3.8, 4) is 11.1 Å². The van der Waals surface area contributed by atoms with Crippen LogP contribution >= 0.6 is 0 Å². The van der Waals surface area contributed by atoms with E-state index in [1.807, 2.05) is 35.4 Å². The van der Waals surface area contributed by atoms with E-state index in [1.165, 1.54) is 0 Å². The summed E-state index contributed by atoms with van der Waals surface area (Å²) in [7, 11) is 0. The monoisotopic (exact) mass is 377 g/mol. The molecule has 3 aromatic heterocycles. The fraction of sp³-hybridized carbons (Fsp3) is 0.333. The van der Waals surface area contributed by atoms with Crippen molar-refractivity contribution in [2.45, 2.75) is 25.7 Å². The van der Waals surface area contributed by atoms with Crippen LogP contribution in [0, 0.1) is 5.92 Å². The highest BCUT2D eigenvalue weighted by Gasteiger charge is 2.24. The van der Waals surface area contributed by atoms with Crippen molar-refractivity contribution in [3.05, 3.63) is 48.5 Å². The number of hydrogen-bond acceptors (Lipinski definition) is 4. The van der Waals surface area contributed by atoms with Crippen LogP contribution < -0.4 is 5.73 Å². The zero-order chi connectivity index (χ0) is 19.5. The zero-order valence-electron chi connectivity index (χ0n) is 15.6. The van der Waals surface area contributed by atoms with Crippen LogP contribution in [0.4, 0.5) is 0 Å². The van der Waals surface area contributed by atoms with E-state index in [-0.39, 0.29) is 11.8 Å². The van der Waals surface area contributed by atoms with E-state index in [2.05, 4.69) is 15.0 Å². The predicted octanol–water partition coefficient (Wildman–Crippen LogP) is 2.74. The first kappa shape index (κ1) is 18.2. The van der Waals surface area contributed by atoms with Gasteiger partial charge in [0, 0.05) is 49.1 Å². The Morgan fingerprint density at radius 1 is 1.14 bits per heavy atom. The first-order valence-electron chi connectivity index (χ1n) is 9.57. The maximum Gasteiger partial charge on any atom is 0.272 e. The molecule has 0 spiro atoms. The minimum atomic E-state index is -0.258. The normalized spacial score (nSPS) is 15.1. The highest BCUT2D eigenvalue weighted by molar-refractivity contribution is 5.94. The number of nitrogens with one attached hydrogen (secondary N) is 1. The number of fused-ring (bicyclic) bond motifs is 1. The number of piperidine rings is 1. The molecule has 1 fully saturated rings. The van der Waals surface area contributed by atoms with Crippen molar-refractivity contribution in [1.29, 1.82) is 0 Å². The molecule has 0 atom stereocenters. The summed E-state index contributed by atoms with van der Waals surface area (Å²) in [5.41, 5.74) is 8.39. The number of nitrogens with two attached hydrogens (primary N) is 1. The molecule has 0 unspecified atom stereocenters. The Labute approximate surface area is 163 Å². The molecule has 1 aliphatic heterocycles. The predicted molar refractivity (Wildman–Crippen MR) is 106 cm³/mol. The van der Waals surface area contributed by atoms with E-state index >= 15 is 0 Å². The highest BCUT2D eigenvalue weighted by Crippen LogP contribution is 2.25. The maximum atomic E-state index is 12.9. The van der Waals surface area contributed by atoms with Gasteiger partial charge in [-0.05, 0) is 55.0 Å². The van der Waals surface area contributed by atoms with Gasteiger partial charge in [-0.25, -0.2) is 4.98 Å². The van der Waals surface area contributed by atoms with Gasteiger partial charge in [-0.2, -0.15) is 0 Å². The Bertz CT molecular complexity index is 1000. The summed E-state index contributed by atoms with van der Waals surface area (Å²) in [5.74, 6) is 0.146. The van der Waals surface area contributed by atoms with Crippen LogP contribution in [0.1, 0.15) is 36.2 Å². The molecule has 0 saturated carbocycles. The van der Waals surface area contributed by atoms with Crippen LogP contribution in [-0.4, -0.2) is 44.8 Å². The fourth-order valence-corrected chi connectivity index (χ4v) is 3.76. The van der Waals surface area contributed by atoms with Crippen LogP contribution in [0.25, 0.3) is 22.2 Å². The second kappa shape index (κ2) is 7.80. The van der Waals surface area contributed by atoms with Gasteiger partial charge >= 0.3 is 0 Å². The molecular formula is C21H23N5O2. The van der Waals surface area contributed by atoms with Crippen LogP contribution in [0.5, 0.6) is 0 Å². The van der Waals surface area contributed by atoms with Gasteiger partial charge in [-0.15, -0.1) is 0 Å². The van der Waals surface area contributed by atoms with E-state index in [1.54, 1.807) is 12.4 Å². The standard InChI is InChI=1S/C21H23N5O2/c22-19(27)2-1-14-5-9-26(10-6-14)21(28)18-12-15(3-7-23-18)17-11-16-4-8-24-20(16)25-13-17/h3-4,7-8,11-14H,1-2,5-6,9-10H2,(H2,22,27)(H,24,25). The van der Waals surface area contributed by atoms with Gasteiger partial charge in [0.2, 0.25) is 5.91 Å². The number of likely N-dealkylation sites (tertiary alicyclic amines) is 1. The minimum absolute atomic E-state index is 0.0501. The number of carbonyl (C=O) groups excluding carboxylic acids is 2.